The molecule has 0 aliphatic rings. The van der Waals surface area contributed by atoms with Gasteiger partial charge in [-0.25, -0.2) is 9.97 Å². The van der Waals surface area contributed by atoms with Gasteiger partial charge in [0.1, 0.15) is 0 Å². The van der Waals surface area contributed by atoms with Crippen molar-refractivity contribution in [2.45, 2.75) is 6.92 Å². The number of pyridine rings is 1. The first-order valence-corrected chi connectivity index (χ1v) is 9.67. The maximum Gasteiger partial charge on any atom is 0.188 e. The second kappa shape index (κ2) is 6.49. The molecule has 27 heavy (non-hydrogen) atoms. The van der Waals surface area contributed by atoms with E-state index in [-0.39, 0.29) is 0 Å². The lowest BCUT2D eigenvalue weighted by molar-refractivity contribution is 1.36. The second-order valence-electron chi connectivity index (χ2n) is 6.53. The number of hydrogen-bond donors (Lipinski definition) is 1. The van der Waals surface area contributed by atoms with Gasteiger partial charge in [0.15, 0.2) is 5.13 Å². The minimum atomic E-state index is 0.906. The molecule has 0 spiro atoms. The van der Waals surface area contributed by atoms with E-state index >= 15 is 0 Å². The number of benzene rings is 3. The van der Waals surface area contributed by atoms with Crippen molar-refractivity contribution in [2.75, 3.05) is 5.32 Å². The summed E-state index contributed by atoms with van der Waals surface area (Å²) in [6.45, 7) is 2.14. The lowest BCUT2D eigenvalue weighted by Crippen LogP contribution is -1.91. The van der Waals surface area contributed by atoms with Crippen molar-refractivity contribution in [1.29, 1.82) is 0 Å². The number of nitrogens with one attached hydrogen (secondary N) is 1. The largest absolute Gasteiger partial charge is 0.332 e. The number of rotatable bonds is 3. The first-order chi connectivity index (χ1) is 13.3. The van der Waals surface area contributed by atoms with Gasteiger partial charge in [0.25, 0.3) is 0 Å². The van der Waals surface area contributed by atoms with Gasteiger partial charge >= 0.3 is 0 Å². The SMILES string of the molecule is Cc1cc(-c2ccc(Nc3nc4ccccc4s3)cc2)nc2ccccc12. The van der Waals surface area contributed by atoms with Crippen LogP contribution in [0.1, 0.15) is 5.56 Å². The highest BCUT2D eigenvalue weighted by atomic mass is 32.1. The Morgan fingerprint density at radius 2 is 1.52 bits per heavy atom. The number of thiazole rings is 1. The molecule has 0 radical (unpaired) electrons. The smallest absolute Gasteiger partial charge is 0.188 e. The van der Waals surface area contributed by atoms with E-state index in [1.54, 1.807) is 11.3 Å². The molecule has 3 nitrogen and oxygen atoms in total. The number of hydrogen-bond acceptors (Lipinski definition) is 4. The molecule has 5 aromatic rings. The molecule has 0 bridgehead atoms. The first-order valence-electron chi connectivity index (χ1n) is 8.86. The van der Waals surface area contributed by atoms with Crippen molar-refractivity contribution < 1.29 is 0 Å². The Bertz CT molecular complexity index is 1220. The summed E-state index contributed by atoms with van der Waals surface area (Å²) in [6.07, 6.45) is 0. The maximum atomic E-state index is 4.82. The van der Waals surface area contributed by atoms with Gasteiger partial charge in [0.05, 0.1) is 21.4 Å². The Hall–Kier alpha value is -3.24. The Balaban J connectivity index is 1.44. The normalized spacial score (nSPS) is 11.1. The third kappa shape index (κ3) is 3.04. The molecule has 5 rings (SSSR count). The minimum absolute atomic E-state index is 0.906. The predicted molar refractivity (Wildman–Crippen MR) is 115 cm³/mol. The van der Waals surface area contributed by atoms with Crippen molar-refractivity contribution in [3.8, 4) is 11.3 Å². The third-order valence-corrected chi connectivity index (χ3v) is 5.60. The lowest BCUT2D eigenvalue weighted by Gasteiger charge is -2.08. The van der Waals surface area contributed by atoms with Gasteiger partial charge in [-0.15, -0.1) is 0 Å². The van der Waals surface area contributed by atoms with E-state index < -0.39 is 0 Å². The summed E-state index contributed by atoms with van der Waals surface area (Å²) >= 11 is 1.66. The molecule has 2 heterocycles. The van der Waals surface area contributed by atoms with Crippen LogP contribution >= 0.6 is 11.3 Å². The zero-order valence-corrected chi connectivity index (χ0v) is 15.6. The number of aromatic nitrogens is 2. The van der Waals surface area contributed by atoms with E-state index in [4.69, 9.17) is 4.98 Å². The number of para-hydroxylation sites is 2. The lowest BCUT2D eigenvalue weighted by atomic mass is 10.0. The van der Waals surface area contributed by atoms with E-state index in [1.165, 1.54) is 15.6 Å². The fraction of sp³-hybridized carbons (Fsp3) is 0.0435. The van der Waals surface area contributed by atoms with E-state index in [1.807, 2.05) is 24.3 Å². The summed E-state index contributed by atoms with van der Waals surface area (Å²) < 4.78 is 1.19. The van der Waals surface area contributed by atoms with Gasteiger partial charge < -0.3 is 5.32 Å². The summed E-state index contributed by atoms with van der Waals surface area (Å²) in [4.78, 5) is 9.45. The van der Waals surface area contributed by atoms with E-state index in [0.29, 0.717) is 0 Å². The molecule has 130 valence electrons. The van der Waals surface area contributed by atoms with E-state index in [2.05, 4.69) is 71.8 Å². The van der Waals surface area contributed by atoms with Crippen molar-refractivity contribution in [1.82, 2.24) is 9.97 Å². The molecule has 0 amide bonds. The molecular weight excluding hydrogens is 350 g/mol. The molecule has 4 heteroatoms. The Kier molecular flexibility index (Phi) is 3.84. The summed E-state index contributed by atoms with van der Waals surface area (Å²) in [5.41, 5.74) is 6.43. The Morgan fingerprint density at radius 1 is 0.778 bits per heavy atom. The van der Waals surface area contributed by atoms with E-state index in [9.17, 15) is 0 Å². The fourth-order valence-corrected chi connectivity index (χ4v) is 4.16. The van der Waals surface area contributed by atoms with Crippen LogP contribution in [0.4, 0.5) is 10.8 Å². The van der Waals surface area contributed by atoms with Crippen molar-refractivity contribution in [3.63, 3.8) is 0 Å². The van der Waals surface area contributed by atoms with Gasteiger partial charge in [-0.05, 0) is 48.9 Å². The summed E-state index contributed by atoms with van der Waals surface area (Å²) in [7, 11) is 0. The number of fused-ring (bicyclic) bond motifs is 2. The van der Waals surface area contributed by atoms with Crippen LogP contribution in [0.25, 0.3) is 32.4 Å². The minimum Gasteiger partial charge on any atom is -0.332 e. The highest BCUT2D eigenvalue weighted by Gasteiger charge is 2.06. The number of nitrogens with zero attached hydrogens (tertiary/aromatic N) is 2. The summed E-state index contributed by atoms with van der Waals surface area (Å²) in [5.74, 6) is 0. The molecule has 3 aromatic carbocycles. The summed E-state index contributed by atoms with van der Waals surface area (Å²) in [5, 5.41) is 5.51. The van der Waals surface area contributed by atoms with Crippen LogP contribution in [-0.2, 0) is 0 Å². The molecule has 0 saturated heterocycles. The van der Waals surface area contributed by atoms with Crippen LogP contribution in [0.2, 0.25) is 0 Å². The molecule has 0 aliphatic carbocycles. The maximum absolute atomic E-state index is 4.82. The molecule has 0 atom stereocenters. The Morgan fingerprint density at radius 3 is 2.33 bits per heavy atom. The average Bonchev–Trinajstić information content (AvgIpc) is 3.11. The van der Waals surface area contributed by atoms with Crippen molar-refractivity contribution in [2.24, 2.45) is 0 Å². The zero-order chi connectivity index (χ0) is 18.2. The van der Waals surface area contributed by atoms with Gasteiger partial charge in [-0.1, -0.05) is 53.8 Å². The van der Waals surface area contributed by atoms with Gasteiger partial charge in [0, 0.05) is 16.6 Å². The third-order valence-electron chi connectivity index (χ3n) is 4.65. The van der Waals surface area contributed by atoms with Crippen LogP contribution in [0.15, 0.2) is 78.9 Å². The van der Waals surface area contributed by atoms with Gasteiger partial charge in [-0.3, -0.25) is 0 Å². The molecular formula is C23H17N3S. The molecule has 0 saturated carbocycles. The highest BCUT2D eigenvalue weighted by molar-refractivity contribution is 7.22. The van der Waals surface area contributed by atoms with Crippen LogP contribution < -0.4 is 5.32 Å². The first kappa shape index (κ1) is 16.0. The fourth-order valence-electron chi connectivity index (χ4n) is 3.27. The monoisotopic (exact) mass is 367 g/mol. The van der Waals surface area contributed by atoms with Crippen molar-refractivity contribution >= 4 is 43.3 Å². The zero-order valence-electron chi connectivity index (χ0n) is 14.8. The van der Waals surface area contributed by atoms with Crippen LogP contribution in [-0.4, -0.2) is 9.97 Å². The number of anilines is 2. The molecule has 2 aromatic heterocycles. The average molecular weight is 367 g/mol. The van der Waals surface area contributed by atoms with E-state index in [0.717, 1.165) is 33.1 Å². The van der Waals surface area contributed by atoms with Crippen LogP contribution in [0.5, 0.6) is 0 Å². The number of aryl methyl sites for hydroxylation is 1. The molecule has 0 aliphatic heterocycles. The van der Waals surface area contributed by atoms with Gasteiger partial charge in [0.2, 0.25) is 0 Å². The van der Waals surface area contributed by atoms with Crippen LogP contribution in [0, 0.1) is 6.92 Å². The standard InChI is InChI=1S/C23H17N3S/c1-15-14-21(25-19-7-3-2-6-18(15)19)16-10-12-17(13-11-16)24-23-26-20-8-4-5-9-22(20)27-23/h2-14H,1H3,(H,24,26). The van der Waals surface area contributed by atoms with Gasteiger partial charge in [-0.2, -0.15) is 0 Å². The second-order valence-corrected chi connectivity index (χ2v) is 7.56. The molecule has 0 unspecified atom stereocenters. The topological polar surface area (TPSA) is 37.8 Å². The Labute approximate surface area is 161 Å². The summed E-state index contributed by atoms with van der Waals surface area (Å²) in [6, 6.07) is 27.0. The van der Waals surface area contributed by atoms with Crippen molar-refractivity contribution in [3.05, 3.63) is 84.4 Å². The quantitative estimate of drug-likeness (QED) is 0.392. The predicted octanol–water partition coefficient (Wildman–Crippen LogP) is 6.56. The molecule has 0 fully saturated rings. The molecule has 1 N–H and O–H groups in total. The highest BCUT2D eigenvalue weighted by Crippen LogP contribution is 2.29. The van der Waals surface area contributed by atoms with Crippen LogP contribution in [0.3, 0.4) is 0 Å².